The molecule has 0 aliphatic carbocycles. The summed E-state index contributed by atoms with van der Waals surface area (Å²) in [5, 5.41) is 0.633. The number of fused-ring (bicyclic) bond motifs is 1. The standard InChI is InChI=1S/C30H32ClF3N4OS/c1-40-27-17-23(16-24(18-27)30(32,33)34)29(39)38-14-13-37(20-26(38)15-21-4-6-25(31)7-5-21)12-11-36-10-8-28-22(19-36)3-2-9-35-28/h2-7,9,16-18,26H,8,10-15,19-20H2,1H3/t26-/m1/s1. The molecule has 212 valence electrons. The molecule has 3 heterocycles. The van der Waals surface area contributed by atoms with Gasteiger partial charge in [0, 0.05) is 85.6 Å². The largest absolute Gasteiger partial charge is 0.416 e. The van der Waals surface area contributed by atoms with Crippen molar-refractivity contribution in [3.05, 3.63) is 93.8 Å². The van der Waals surface area contributed by atoms with E-state index < -0.39 is 11.7 Å². The average Bonchev–Trinajstić information content (AvgIpc) is 2.96. The number of halogens is 4. The van der Waals surface area contributed by atoms with E-state index >= 15 is 0 Å². The van der Waals surface area contributed by atoms with Gasteiger partial charge in [0.2, 0.25) is 0 Å². The molecule has 0 radical (unpaired) electrons. The summed E-state index contributed by atoms with van der Waals surface area (Å²) in [4.78, 5) is 25.2. The molecular weight excluding hydrogens is 557 g/mol. The quantitative estimate of drug-likeness (QED) is 0.321. The summed E-state index contributed by atoms with van der Waals surface area (Å²) < 4.78 is 40.8. The number of thioether (sulfide) groups is 1. The summed E-state index contributed by atoms with van der Waals surface area (Å²) in [6.07, 6.45) is 0.567. The van der Waals surface area contributed by atoms with Crippen LogP contribution >= 0.6 is 23.4 Å². The van der Waals surface area contributed by atoms with Crippen molar-refractivity contribution in [2.24, 2.45) is 0 Å². The van der Waals surface area contributed by atoms with Crippen LogP contribution in [0.1, 0.15) is 32.7 Å². The van der Waals surface area contributed by atoms with Gasteiger partial charge in [-0.2, -0.15) is 13.2 Å². The predicted molar refractivity (Wildman–Crippen MR) is 153 cm³/mol. The fraction of sp³-hybridized carbons (Fsp3) is 0.400. The third-order valence-electron chi connectivity index (χ3n) is 7.70. The van der Waals surface area contributed by atoms with E-state index in [1.54, 1.807) is 17.2 Å². The Kier molecular flexibility index (Phi) is 9.05. The monoisotopic (exact) mass is 588 g/mol. The van der Waals surface area contributed by atoms with Crippen molar-refractivity contribution in [2.45, 2.75) is 36.5 Å². The van der Waals surface area contributed by atoms with E-state index in [0.29, 0.717) is 36.0 Å². The Labute approximate surface area is 242 Å². The van der Waals surface area contributed by atoms with Crippen molar-refractivity contribution in [1.29, 1.82) is 0 Å². The first-order chi connectivity index (χ1) is 19.2. The Hall–Kier alpha value is -2.59. The van der Waals surface area contributed by atoms with Gasteiger partial charge in [0.15, 0.2) is 0 Å². The van der Waals surface area contributed by atoms with Crippen LogP contribution < -0.4 is 0 Å². The van der Waals surface area contributed by atoms with E-state index in [4.69, 9.17) is 11.6 Å². The molecular formula is C30H32ClF3N4OS. The van der Waals surface area contributed by atoms with E-state index in [9.17, 15) is 18.0 Å². The fourth-order valence-corrected chi connectivity index (χ4v) is 6.14. The van der Waals surface area contributed by atoms with Gasteiger partial charge in [0.1, 0.15) is 0 Å². The average molecular weight is 589 g/mol. The topological polar surface area (TPSA) is 39.7 Å². The zero-order valence-corrected chi connectivity index (χ0v) is 23.9. The number of carbonyl (C=O) groups excluding carboxylic acids is 1. The molecule has 2 aliphatic heterocycles. The van der Waals surface area contributed by atoms with Crippen molar-refractivity contribution >= 4 is 29.3 Å². The van der Waals surface area contributed by atoms with Crippen LogP contribution in [0.4, 0.5) is 13.2 Å². The van der Waals surface area contributed by atoms with Gasteiger partial charge in [0.05, 0.1) is 5.56 Å². The molecule has 1 aromatic heterocycles. The van der Waals surface area contributed by atoms with Crippen LogP contribution in [0.25, 0.3) is 0 Å². The molecule has 0 N–H and O–H groups in total. The molecule has 1 fully saturated rings. The second-order valence-electron chi connectivity index (χ2n) is 10.4. The molecule has 1 atom stereocenters. The number of alkyl halides is 3. The Bertz CT molecular complexity index is 1340. The lowest BCUT2D eigenvalue weighted by atomic mass is 10.00. The second kappa shape index (κ2) is 12.5. The first-order valence-corrected chi connectivity index (χ1v) is 15.0. The van der Waals surface area contributed by atoms with Crippen molar-refractivity contribution in [3.8, 4) is 0 Å². The molecule has 0 unspecified atom stereocenters. The minimum absolute atomic E-state index is 0.0781. The normalized spacial score (nSPS) is 18.5. The van der Waals surface area contributed by atoms with Crippen LogP contribution in [0.5, 0.6) is 0 Å². The Balaban J connectivity index is 1.32. The second-order valence-corrected chi connectivity index (χ2v) is 11.7. The van der Waals surface area contributed by atoms with Crippen LogP contribution in [0.15, 0.2) is 65.7 Å². The van der Waals surface area contributed by atoms with Crippen molar-refractivity contribution < 1.29 is 18.0 Å². The van der Waals surface area contributed by atoms with Crippen LogP contribution in [0, 0.1) is 0 Å². The van der Waals surface area contributed by atoms with Gasteiger partial charge < -0.3 is 4.90 Å². The van der Waals surface area contributed by atoms with Gasteiger partial charge in [-0.25, -0.2) is 0 Å². The number of rotatable bonds is 7. The van der Waals surface area contributed by atoms with Crippen LogP contribution in [0.2, 0.25) is 5.02 Å². The van der Waals surface area contributed by atoms with E-state index in [0.717, 1.165) is 50.3 Å². The van der Waals surface area contributed by atoms with Gasteiger partial charge in [-0.3, -0.25) is 19.6 Å². The molecule has 2 aromatic carbocycles. The highest BCUT2D eigenvalue weighted by Crippen LogP contribution is 2.33. The number of nitrogens with zero attached hydrogens (tertiary/aromatic N) is 4. The number of benzene rings is 2. The van der Waals surface area contributed by atoms with E-state index in [2.05, 4.69) is 20.9 Å². The maximum atomic E-state index is 13.7. The molecule has 40 heavy (non-hydrogen) atoms. The van der Waals surface area contributed by atoms with Gasteiger partial charge in [0.25, 0.3) is 5.91 Å². The fourth-order valence-electron chi connectivity index (χ4n) is 5.53. The molecule has 10 heteroatoms. The lowest BCUT2D eigenvalue weighted by molar-refractivity contribution is -0.137. The number of piperazine rings is 1. The lowest BCUT2D eigenvalue weighted by Crippen LogP contribution is -2.57. The molecule has 1 saturated heterocycles. The molecule has 0 bridgehead atoms. The van der Waals surface area contributed by atoms with E-state index in [1.165, 1.54) is 23.0 Å². The molecule has 1 amide bonds. The summed E-state index contributed by atoms with van der Waals surface area (Å²) in [5.41, 5.74) is 2.76. The SMILES string of the molecule is CSc1cc(C(=O)N2CCN(CCN3CCc4ncccc4C3)C[C@H]2Cc2ccc(Cl)cc2)cc(C(F)(F)F)c1. The number of hydrogen-bond acceptors (Lipinski definition) is 5. The van der Waals surface area contributed by atoms with Gasteiger partial charge >= 0.3 is 6.18 Å². The first kappa shape index (κ1) is 28.9. The zero-order chi connectivity index (χ0) is 28.3. The maximum Gasteiger partial charge on any atom is 0.416 e. The highest BCUT2D eigenvalue weighted by atomic mass is 35.5. The minimum Gasteiger partial charge on any atom is -0.333 e. The molecule has 2 aliphatic rings. The van der Waals surface area contributed by atoms with E-state index in [1.807, 2.05) is 36.5 Å². The summed E-state index contributed by atoms with van der Waals surface area (Å²) in [5.74, 6) is -0.361. The maximum absolute atomic E-state index is 13.7. The molecule has 5 rings (SSSR count). The summed E-state index contributed by atoms with van der Waals surface area (Å²) in [6, 6.07) is 15.1. The Morgan fingerprint density at radius 1 is 1.05 bits per heavy atom. The molecule has 3 aromatic rings. The summed E-state index contributed by atoms with van der Waals surface area (Å²) in [7, 11) is 0. The van der Waals surface area contributed by atoms with Crippen LogP contribution in [-0.4, -0.2) is 77.2 Å². The zero-order valence-electron chi connectivity index (χ0n) is 22.3. The Morgan fingerprint density at radius 3 is 2.58 bits per heavy atom. The van der Waals surface area contributed by atoms with Gasteiger partial charge in [-0.05, 0) is 60.2 Å². The predicted octanol–water partition coefficient (Wildman–Crippen LogP) is 5.90. The molecule has 5 nitrogen and oxygen atoms in total. The number of amides is 1. The smallest absolute Gasteiger partial charge is 0.333 e. The third-order valence-corrected chi connectivity index (χ3v) is 8.66. The van der Waals surface area contributed by atoms with Crippen molar-refractivity contribution in [3.63, 3.8) is 0 Å². The van der Waals surface area contributed by atoms with Crippen molar-refractivity contribution in [1.82, 2.24) is 19.7 Å². The van der Waals surface area contributed by atoms with Crippen LogP contribution in [-0.2, 0) is 25.6 Å². The Morgan fingerprint density at radius 2 is 1.82 bits per heavy atom. The number of pyridine rings is 1. The van der Waals surface area contributed by atoms with E-state index in [-0.39, 0.29) is 17.5 Å². The van der Waals surface area contributed by atoms with Crippen molar-refractivity contribution in [2.75, 3.05) is 45.5 Å². The third kappa shape index (κ3) is 7.00. The minimum atomic E-state index is -4.52. The lowest BCUT2D eigenvalue weighted by Gasteiger charge is -2.42. The highest BCUT2D eigenvalue weighted by Gasteiger charge is 2.35. The highest BCUT2D eigenvalue weighted by molar-refractivity contribution is 7.98. The number of aromatic nitrogens is 1. The molecule has 0 spiro atoms. The van der Waals surface area contributed by atoms with Crippen LogP contribution in [0.3, 0.4) is 0 Å². The first-order valence-electron chi connectivity index (χ1n) is 13.4. The van der Waals surface area contributed by atoms with Gasteiger partial charge in [-0.1, -0.05) is 29.8 Å². The number of hydrogen-bond donors (Lipinski definition) is 0. The molecule has 0 saturated carbocycles. The number of carbonyl (C=O) groups is 1. The summed E-state index contributed by atoms with van der Waals surface area (Å²) in [6.45, 7) is 5.37. The van der Waals surface area contributed by atoms with Gasteiger partial charge in [-0.15, -0.1) is 11.8 Å². The summed E-state index contributed by atoms with van der Waals surface area (Å²) >= 11 is 7.29.